The third-order valence-corrected chi connectivity index (χ3v) is 10.3. The van der Waals surface area contributed by atoms with Crippen LogP contribution in [0.3, 0.4) is 0 Å². The maximum absolute atomic E-state index is 13.1. The Morgan fingerprint density at radius 3 is 2.57 bits per heavy atom. The minimum Gasteiger partial charge on any atom is -0.334 e. The second-order valence-corrected chi connectivity index (χ2v) is 13.3. The van der Waals surface area contributed by atoms with E-state index in [1.807, 2.05) is 18.2 Å². The van der Waals surface area contributed by atoms with Gasteiger partial charge in [-0.2, -0.15) is 21.0 Å². The minimum absolute atomic E-state index is 0.161. The number of amides is 1. The Morgan fingerprint density at radius 2 is 1.86 bits per heavy atom. The number of rotatable bonds is 3. The summed E-state index contributed by atoms with van der Waals surface area (Å²) in [5.74, 6) is 1.11. The van der Waals surface area contributed by atoms with Crippen molar-refractivity contribution in [2.75, 3.05) is 29.6 Å². The van der Waals surface area contributed by atoms with Crippen molar-refractivity contribution in [1.82, 2.24) is 9.88 Å². The van der Waals surface area contributed by atoms with Gasteiger partial charge in [-0.05, 0) is 61.9 Å². The van der Waals surface area contributed by atoms with Gasteiger partial charge in [-0.3, -0.25) is 18.9 Å². The van der Waals surface area contributed by atoms with Crippen LogP contribution < -0.4 is 5.01 Å². The monoisotopic (exact) mass is 539 g/mol. The topological polar surface area (TPSA) is 113 Å². The predicted octanol–water partition coefficient (Wildman–Crippen LogP) is 5.16. The van der Waals surface area contributed by atoms with Gasteiger partial charge in [-0.25, -0.2) is 4.98 Å². The van der Waals surface area contributed by atoms with E-state index in [1.165, 1.54) is 25.7 Å². The van der Waals surface area contributed by atoms with Gasteiger partial charge in [0, 0.05) is 24.6 Å². The summed E-state index contributed by atoms with van der Waals surface area (Å²) in [6.45, 7) is 0.666. The fourth-order valence-corrected chi connectivity index (χ4v) is 7.82. The van der Waals surface area contributed by atoms with E-state index in [0.29, 0.717) is 35.3 Å². The largest absolute Gasteiger partial charge is 0.334 e. The lowest BCUT2D eigenvalue weighted by Crippen LogP contribution is -2.42. The molecule has 10 heteroatoms. The van der Waals surface area contributed by atoms with Crippen molar-refractivity contribution in [1.29, 1.82) is 5.26 Å². The van der Waals surface area contributed by atoms with E-state index in [1.54, 1.807) is 17.0 Å². The van der Waals surface area contributed by atoms with E-state index >= 15 is 0 Å². The van der Waals surface area contributed by atoms with E-state index in [4.69, 9.17) is 21.7 Å². The van der Waals surface area contributed by atoms with Crippen molar-refractivity contribution in [3.8, 4) is 6.07 Å². The summed E-state index contributed by atoms with van der Waals surface area (Å²) in [5.41, 5.74) is 4.69. The number of carbonyl (C=O) groups excluding carboxylic acids is 1. The molecule has 1 saturated heterocycles. The predicted molar refractivity (Wildman–Crippen MR) is 145 cm³/mol. The first-order chi connectivity index (χ1) is 17.8. The zero-order valence-corrected chi connectivity index (χ0v) is 22.1. The van der Waals surface area contributed by atoms with Gasteiger partial charge in [-0.1, -0.05) is 24.4 Å². The minimum atomic E-state index is -2.56. The SMILES string of the molecule is N#Cc1ccc(N2N=C3c4ccc(C(=O)N5CCS(O)(O)CC5)nc4CCC3C2C2CCCC2)cc1Cl. The summed E-state index contributed by atoms with van der Waals surface area (Å²) in [4.78, 5) is 19.5. The average molecular weight is 540 g/mol. The zero-order valence-electron chi connectivity index (χ0n) is 20.5. The summed E-state index contributed by atoms with van der Waals surface area (Å²) >= 11 is 6.41. The molecule has 2 unspecified atom stereocenters. The number of benzene rings is 1. The summed E-state index contributed by atoms with van der Waals surface area (Å²) in [7, 11) is -2.56. The van der Waals surface area contributed by atoms with Gasteiger partial charge < -0.3 is 4.90 Å². The summed E-state index contributed by atoms with van der Waals surface area (Å²) < 4.78 is 19.8. The highest BCUT2D eigenvalue weighted by molar-refractivity contribution is 8.24. The number of aromatic nitrogens is 1. The molecule has 1 amide bonds. The third kappa shape index (κ3) is 4.50. The molecule has 3 heterocycles. The molecule has 37 heavy (non-hydrogen) atoms. The molecule has 6 rings (SSSR count). The van der Waals surface area contributed by atoms with E-state index in [-0.39, 0.29) is 29.4 Å². The molecule has 1 aromatic carbocycles. The highest BCUT2D eigenvalue weighted by Crippen LogP contribution is 2.45. The molecule has 1 saturated carbocycles. The zero-order chi connectivity index (χ0) is 25.7. The van der Waals surface area contributed by atoms with Crippen molar-refractivity contribution in [2.45, 2.75) is 44.6 Å². The standard InChI is InChI=1S/C27H30ClN5O3S/c28-22-15-19(6-5-18(22)16-29)33-26(17-3-1-2-4-17)21-8-9-23-20(25(21)31-33)7-10-24(30-23)27(34)32-11-13-37(35,36)14-12-32/h5-7,10,15,17,21,26,35-36H,1-4,8-9,11-14H2. The second-order valence-electron chi connectivity index (χ2n) is 10.5. The average Bonchev–Trinajstić information content (AvgIpc) is 3.56. The van der Waals surface area contributed by atoms with Crippen molar-refractivity contribution in [3.05, 3.63) is 57.9 Å². The Morgan fingerprint density at radius 1 is 1.11 bits per heavy atom. The molecular formula is C27H30ClN5O3S. The van der Waals surface area contributed by atoms with E-state index in [0.717, 1.165) is 35.5 Å². The summed E-state index contributed by atoms with van der Waals surface area (Å²) in [5, 5.41) is 17.0. The van der Waals surface area contributed by atoms with Crippen molar-refractivity contribution in [3.63, 3.8) is 0 Å². The maximum atomic E-state index is 13.1. The first-order valence-electron chi connectivity index (χ1n) is 13.0. The van der Waals surface area contributed by atoms with E-state index in [2.05, 4.69) is 11.1 Å². The molecule has 2 fully saturated rings. The van der Waals surface area contributed by atoms with Gasteiger partial charge in [0.1, 0.15) is 11.8 Å². The molecule has 4 aliphatic rings. The number of hydrogen-bond acceptors (Lipinski definition) is 7. The normalized spacial score (nSPS) is 25.7. The van der Waals surface area contributed by atoms with Crippen LogP contribution in [0.1, 0.15) is 59.4 Å². The van der Waals surface area contributed by atoms with Crippen LogP contribution in [0, 0.1) is 23.2 Å². The van der Waals surface area contributed by atoms with Crippen LogP contribution in [-0.2, 0) is 6.42 Å². The lowest BCUT2D eigenvalue weighted by Gasteiger charge is -2.40. The Balaban J connectivity index is 1.32. The highest BCUT2D eigenvalue weighted by Gasteiger charge is 2.46. The Kier molecular flexibility index (Phi) is 6.40. The number of hydrogen-bond donors (Lipinski definition) is 2. The molecule has 0 radical (unpaired) electrons. The Labute approximate surface area is 223 Å². The van der Waals surface area contributed by atoms with E-state index in [9.17, 15) is 19.2 Å². The first-order valence-corrected chi connectivity index (χ1v) is 15.2. The van der Waals surface area contributed by atoms with Crippen LogP contribution in [0.25, 0.3) is 0 Å². The number of nitriles is 1. The molecular weight excluding hydrogens is 510 g/mol. The molecule has 0 spiro atoms. The molecule has 2 aromatic rings. The van der Waals surface area contributed by atoms with Crippen molar-refractivity contribution in [2.24, 2.45) is 16.9 Å². The van der Waals surface area contributed by atoms with Gasteiger partial charge in [0.05, 0.1) is 45.2 Å². The summed E-state index contributed by atoms with van der Waals surface area (Å²) in [6, 6.07) is 11.7. The first kappa shape index (κ1) is 24.7. The molecule has 8 nitrogen and oxygen atoms in total. The molecule has 0 bridgehead atoms. The number of pyridine rings is 1. The van der Waals surface area contributed by atoms with Crippen LogP contribution in [0.15, 0.2) is 35.4 Å². The second kappa shape index (κ2) is 9.59. The number of nitrogens with zero attached hydrogens (tertiary/aromatic N) is 5. The Bertz CT molecular complexity index is 1310. The lowest BCUT2D eigenvalue weighted by atomic mass is 9.76. The molecule has 2 aliphatic heterocycles. The maximum Gasteiger partial charge on any atom is 0.272 e. The van der Waals surface area contributed by atoms with Crippen molar-refractivity contribution >= 4 is 39.5 Å². The quantitative estimate of drug-likeness (QED) is 0.557. The lowest BCUT2D eigenvalue weighted by molar-refractivity contribution is 0.0761. The molecule has 1 aromatic heterocycles. The molecule has 2 atom stereocenters. The van der Waals surface area contributed by atoms with Crippen LogP contribution >= 0.6 is 22.2 Å². The van der Waals surface area contributed by atoms with Gasteiger partial charge >= 0.3 is 0 Å². The summed E-state index contributed by atoms with van der Waals surface area (Å²) in [6.07, 6.45) is 6.54. The van der Waals surface area contributed by atoms with Crippen LogP contribution in [0.5, 0.6) is 0 Å². The Hall–Kier alpha value is -2.64. The molecule has 194 valence electrons. The number of hydrazone groups is 1. The third-order valence-electron chi connectivity index (χ3n) is 8.31. The fraction of sp³-hybridized carbons (Fsp3) is 0.481. The van der Waals surface area contributed by atoms with Crippen LogP contribution in [0.2, 0.25) is 5.02 Å². The van der Waals surface area contributed by atoms with E-state index < -0.39 is 10.6 Å². The van der Waals surface area contributed by atoms with Gasteiger partial charge in [0.15, 0.2) is 0 Å². The molecule has 2 aliphatic carbocycles. The van der Waals surface area contributed by atoms with Crippen LogP contribution in [0.4, 0.5) is 5.69 Å². The van der Waals surface area contributed by atoms with Crippen molar-refractivity contribution < 1.29 is 13.9 Å². The number of anilines is 1. The number of aryl methyl sites for hydroxylation is 1. The van der Waals surface area contributed by atoms with Gasteiger partial charge in [0.2, 0.25) is 0 Å². The van der Waals surface area contributed by atoms with Crippen LogP contribution in [-0.4, -0.2) is 61.2 Å². The van der Waals surface area contributed by atoms with Gasteiger partial charge in [-0.15, -0.1) is 0 Å². The smallest absolute Gasteiger partial charge is 0.272 e. The fourth-order valence-electron chi connectivity index (χ4n) is 6.37. The van der Waals surface area contributed by atoms with Gasteiger partial charge in [0.25, 0.3) is 5.91 Å². The number of halogens is 1. The highest BCUT2D eigenvalue weighted by atomic mass is 35.5. The molecule has 2 N–H and O–H groups in total. The number of carbonyl (C=O) groups is 1. The number of fused-ring (bicyclic) bond motifs is 3.